The molecule has 0 fully saturated rings. The van der Waals surface area contributed by atoms with Crippen LogP contribution < -0.4 is 21.5 Å². The molecule has 0 aliphatic rings. The van der Waals surface area contributed by atoms with Crippen molar-refractivity contribution >= 4 is 40.2 Å². The molecule has 0 aliphatic carbocycles. The van der Waals surface area contributed by atoms with E-state index in [1.54, 1.807) is 55.5 Å². The van der Waals surface area contributed by atoms with Crippen molar-refractivity contribution in [3.05, 3.63) is 98.6 Å². The van der Waals surface area contributed by atoms with Crippen LogP contribution in [-0.4, -0.2) is 23.3 Å². The van der Waals surface area contributed by atoms with E-state index in [2.05, 4.69) is 27.9 Å². The summed E-state index contributed by atoms with van der Waals surface area (Å²) in [5, 5.41) is 18.2. The number of hydrogen-bond donors (Lipinski definition) is 5. The summed E-state index contributed by atoms with van der Waals surface area (Å²) < 4.78 is 7.35. The minimum atomic E-state index is -1.08. The number of hydrogen-bond acceptors (Lipinski definition) is 4. The van der Waals surface area contributed by atoms with Crippen LogP contribution in [0, 0.1) is 14.4 Å². The molecule has 0 aromatic heterocycles. The van der Waals surface area contributed by atoms with E-state index in [1.807, 2.05) is 24.3 Å². The zero-order valence-corrected chi connectivity index (χ0v) is 19.6. The number of carbonyl (C=O) groups excluding carboxylic acids is 1. The number of nitrogens with two attached hydrogens (primary N) is 2. The van der Waals surface area contributed by atoms with Crippen molar-refractivity contribution in [2.75, 3.05) is 0 Å². The second-order valence-corrected chi connectivity index (χ2v) is 8.77. The minimum absolute atomic E-state index is 0.0609. The predicted molar refractivity (Wildman–Crippen MR) is 134 cm³/mol. The maximum absolute atomic E-state index is 13.0. The minimum Gasteiger partial charge on any atom is -0.468 e. The first kappa shape index (κ1) is 23.3. The normalized spacial score (nSPS) is 12.4. The zero-order chi connectivity index (χ0) is 23.3. The third kappa shape index (κ3) is 6.07. The molecule has 0 saturated heterocycles. The molecule has 0 radical (unpaired) electrons. The van der Waals surface area contributed by atoms with Gasteiger partial charge in [0, 0.05) is 26.7 Å². The fourth-order valence-corrected chi connectivity index (χ4v) is 3.56. The number of amides is 1. The van der Waals surface area contributed by atoms with Crippen molar-refractivity contribution in [3.8, 4) is 5.75 Å². The molecule has 0 bridgehead atoms. The SMILES string of the molecule is C[C@@](Cc1ccc(I)cc1)(NC(=O)c1ccc(C(=N)N)cc1)Oc1cccc(C(=N)N)c1. The van der Waals surface area contributed by atoms with Crippen LogP contribution in [0.5, 0.6) is 5.75 Å². The van der Waals surface area contributed by atoms with Gasteiger partial charge in [-0.2, -0.15) is 0 Å². The Morgan fingerprint density at radius 3 is 2.12 bits per heavy atom. The van der Waals surface area contributed by atoms with Crippen molar-refractivity contribution in [2.45, 2.75) is 19.1 Å². The van der Waals surface area contributed by atoms with Gasteiger partial charge >= 0.3 is 0 Å². The van der Waals surface area contributed by atoms with E-state index in [1.165, 1.54) is 0 Å². The van der Waals surface area contributed by atoms with E-state index in [4.69, 9.17) is 27.0 Å². The van der Waals surface area contributed by atoms with E-state index in [0.29, 0.717) is 28.9 Å². The van der Waals surface area contributed by atoms with E-state index >= 15 is 0 Å². The maximum atomic E-state index is 13.0. The predicted octanol–water partition coefficient (Wildman–Crippen LogP) is 3.63. The number of ether oxygens (including phenoxy) is 1. The summed E-state index contributed by atoms with van der Waals surface area (Å²) in [4.78, 5) is 13.0. The molecule has 0 unspecified atom stereocenters. The van der Waals surface area contributed by atoms with Gasteiger partial charge in [0.05, 0.1) is 0 Å². The summed E-state index contributed by atoms with van der Waals surface area (Å²) in [5.74, 6) is 0.0346. The van der Waals surface area contributed by atoms with Crippen molar-refractivity contribution < 1.29 is 9.53 Å². The third-order valence-electron chi connectivity index (χ3n) is 4.78. The Morgan fingerprint density at radius 2 is 1.53 bits per heavy atom. The molecule has 0 saturated carbocycles. The average molecular weight is 541 g/mol. The van der Waals surface area contributed by atoms with Gasteiger partial charge in [-0.25, -0.2) is 0 Å². The Kier molecular flexibility index (Phi) is 7.14. The van der Waals surface area contributed by atoms with Gasteiger partial charge in [0.1, 0.15) is 17.4 Å². The number of rotatable bonds is 8. The molecule has 3 aromatic rings. The quantitative estimate of drug-likeness (QED) is 0.129. The van der Waals surface area contributed by atoms with Gasteiger partial charge in [0.25, 0.3) is 5.91 Å². The molecule has 164 valence electrons. The lowest BCUT2D eigenvalue weighted by Gasteiger charge is -2.32. The molecule has 3 aromatic carbocycles. The molecule has 8 heteroatoms. The topological polar surface area (TPSA) is 138 Å². The highest BCUT2D eigenvalue weighted by molar-refractivity contribution is 14.1. The molecule has 0 spiro atoms. The van der Waals surface area contributed by atoms with E-state index < -0.39 is 5.72 Å². The number of amidine groups is 2. The van der Waals surface area contributed by atoms with Gasteiger partial charge in [-0.15, -0.1) is 0 Å². The second kappa shape index (κ2) is 9.82. The summed E-state index contributed by atoms with van der Waals surface area (Å²) >= 11 is 2.24. The molecule has 32 heavy (non-hydrogen) atoms. The number of halogens is 1. The fraction of sp³-hybridized carbons (Fsp3) is 0.125. The maximum Gasteiger partial charge on any atom is 0.254 e. The Morgan fingerprint density at radius 1 is 0.938 bits per heavy atom. The van der Waals surface area contributed by atoms with Gasteiger partial charge in [-0.1, -0.05) is 36.4 Å². The highest BCUT2D eigenvalue weighted by atomic mass is 127. The summed E-state index contributed by atoms with van der Waals surface area (Å²) in [5.41, 5.74) is 12.5. The van der Waals surface area contributed by atoms with Crippen LogP contribution in [0.25, 0.3) is 0 Å². The number of nitrogen functional groups attached to an aromatic ring is 2. The van der Waals surface area contributed by atoms with Gasteiger partial charge in [-0.3, -0.25) is 15.6 Å². The van der Waals surface area contributed by atoms with Gasteiger partial charge in [-0.05, 0) is 71.5 Å². The molecular formula is C24H24IN5O2. The molecule has 7 nitrogen and oxygen atoms in total. The summed E-state index contributed by atoms with van der Waals surface area (Å²) in [6.45, 7) is 1.80. The standard InChI is InChI=1S/C24H24IN5O2/c1-24(14-15-5-11-19(25)12-6-15,32-20-4-2-3-18(13-20)22(28)29)30-23(31)17-9-7-16(8-10-17)21(26)27/h2-13H,14H2,1H3,(H3,26,27)(H3,28,29)(H,30,31)/t24-/m1/s1. The Bertz CT molecular complexity index is 1150. The third-order valence-corrected chi connectivity index (χ3v) is 5.50. The van der Waals surface area contributed by atoms with E-state index in [9.17, 15) is 4.79 Å². The van der Waals surface area contributed by atoms with Crippen molar-refractivity contribution in [3.63, 3.8) is 0 Å². The second-order valence-electron chi connectivity index (χ2n) is 7.52. The van der Waals surface area contributed by atoms with Gasteiger partial charge in [0.15, 0.2) is 5.72 Å². The lowest BCUT2D eigenvalue weighted by Crippen LogP contribution is -2.52. The van der Waals surface area contributed by atoms with Crippen molar-refractivity contribution in [1.29, 1.82) is 10.8 Å². The summed E-state index contributed by atoms with van der Waals surface area (Å²) in [7, 11) is 0. The first-order valence-electron chi connectivity index (χ1n) is 9.80. The van der Waals surface area contributed by atoms with Crippen molar-refractivity contribution in [2.24, 2.45) is 11.5 Å². The van der Waals surface area contributed by atoms with Crippen LogP contribution in [-0.2, 0) is 6.42 Å². The molecule has 1 amide bonds. The highest BCUT2D eigenvalue weighted by Crippen LogP contribution is 2.23. The van der Waals surface area contributed by atoms with Crippen LogP contribution in [0.4, 0.5) is 0 Å². The first-order chi connectivity index (χ1) is 15.1. The molecule has 0 heterocycles. The van der Waals surface area contributed by atoms with Crippen LogP contribution in [0.15, 0.2) is 72.8 Å². The fourth-order valence-electron chi connectivity index (χ4n) is 3.20. The largest absolute Gasteiger partial charge is 0.468 e. The summed E-state index contributed by atoms with van der Waals surface area (Å²) in [6, 6.07) is 21.4. The molecule has 7 N–H and O–H groups in total. The monoisotopic (exact) mass is 541 g/mol. The number of nitrogens with one attached hydrogen (secondary N) is 3. The Balaban J connectivity index is 1.89. The van der Waals surface area contributed by atoms with Crippen LogP contribution in [0.1, 0.15) is 34.0 Å². The van der Waals surface area contributed by atoms with Crippen LogP contribution in [0.2, 0.25) is 0 Å². The highest BCUT2D eigenvalue weighted by Gasteiger charge is 2.30. The number of carbonyl (C=O) groups is 1. The van der Waals surface area contributed by atoms with Gasteiger partial charge in [0.2, 0.25) is 0 Å². The van der Waals surface area contributed by atoms with E-state index in [-0.39, 0.29) is 17.6 Å². The average Bonchev–Trinajstić information content (AvgIpc) is 2.75. The molecule has 3 rings (SSSR count). The summed E-state index contributed by atoms with van der Waals surface area (Å²) in [6.07, 6.45) is 0.408. The molecule has 1 atom stereocenters. The van der Waals surface area contributed by atoms with Gasteiger partial charge < -0.3 is 21.5 Å². The Labute approximate surface area is 200 Å². The molecule has 0 aliphatic heterocycles. The van der Waals surface area contributed by atoms with Crippen LogP contribution >= 0.6 is 22.6 Å². The van der Waals surface area contributed by atoms with Crippen LogP contribution in [0.3, 0.4) is 0 Å². The lowest BCUT2D eigenvalue weighted by molar-refractivity contribution is 0.0430. The smallest absolute Gasteiger partial charge is 0.254 e. The Hall–Kier alpha value is -3.40. The van der Waals surface area contributed by atoms with Crippen molar-refractivity contribution in [1.82, 2.24) is 5.32 Å². The molecular weight excluding hydrogens is 517 g/mol. The zero-order valence-electron chi connectivity index (χ0n) is 17.5. The van der Waals surface area contributed by atoms with E-state index in [0.717, 1.165) is 9.13 Å². The lowest BCUT2D eigenvalue weighted by atomic mass is 10.0. The number of benzene rings is 3. The first-order valence-corrected chi connectivity index (χ1v) is 10.9.